The molecule has 1 aromatic rings. The van der Waals surface area contributed by atoms with Crippen LogP contribution in [0.3, 0.4) is 0 Å². The molecule has 20 heavy (non-hydrogen) atoms. The van der Waals surface area contributed by atoms with Gasteiger partial charge in [0.05, 0.1) is 0 Å². The first-order chi connectivity index (χ1) is 9.72. The number of benzene rings is 1. The van der Waals surface area contributed by atoms with E-state index >= 15 is 0 Å². The van der Waals surface area contributed by atoms with Crippen LogP contribution < -0.4 is 5.73 Å². The zero-order valence-electron chi connectivity index (χ0n) is 12.8. The van der Waals surface area contributed by atoms with Crippen LogP contribution in [0.4, 0.5) is 5.69 Å². The second-order valence-corrected chi connectivity index (χ2v) is 6.88. The van der Waals surface area contributed by atoms with E-state index in [-0.39, 0.29) is 0 Å². The smallest absolute Gasteiger partial charge is 0.0314 e. The fraction of sp³-hybridized carbons (Fsp3) is 0.667. The molecular weight excluding hydrogens is 244 g/mol. The van der Waals surface area contributed by atoms with Gasteiger partial charge in [-0.25, -0.2) is 0 Å². The van der Waals surface area contributed by atoms with Gasteiger partial charge in [0.1, 0.15) is 0 Å². The Morgan fingerprint density at radius 3 is 2.55 bits per heavy atom. The summed E-state index contributed by atoms with van der Waals surface area (Å²) < 4.78 is 0. The third kappa shape index (κ3) is 3.01. The molecule has 2 fully saturated rings. The average molecular weight is 272 g/mol. The zero-order valence-corrected chi connectivity index (χ0v) is 12.8. The molecule has 2 aliphatic rings. The molecule has 0 amide bonds. The summed E-state index contributed by atoms with van der Waals surface area (Å²) in [5, 5.41) is 0. The molecule has 1 aliphatic carbocycles. The first-order valence-electron chi connectivity index (χ1n) is 8.30. The Hall–Kier alpha value is -1.02. The van der Waals surface area contributed by atoms with Crippen molar-refractivity contribution in [2.75, 3.05) is 25.4 Å². The van der Waals surface area contributed by atoms with Crippen LogP contribution in [-0.4, -0.2) is 24.5 Å². The minimum atomic E-state index is 0.444. The fourth-order valence-corrected chi connectivity index (χ4v) is 3.74. The number of nitrogen functional groups attached to an aromatic ring is 1. The van der Waals surface area contributed by atoms with E-state index in [1.54, 1.807) is 0 Å². The largest absolute Gasteiger partial charge is 0.399 e. The Kier molecular flexibility index (Phi) is 4.02. The molecule has 1 aromatic carbocycles. The first-order valence-corrected chi connectivity index (χ1v) is 8.30. The Bertz CT molecular complexity index is 433. The monoisotopic (exact) mass is 272 g/mol. The lowest BCUT2D eigenvalue weighted by molar-refractivity contribution is 0.255. The van der Waals surface area contributed by atoms with Gasteiger partial charge in [0.25, 0.3) is 0 Å². The molecule has 0 bridgehead atoms. The lowest BCUT2D eigenvalue weighted by Crippen LogP contribution is -2.33. The van der Waals surface area contributed by atoms with E-state index in [9.17, 15) is 0 Å². The summed E-state index contributed by atoms with van der Waals surface area (Å²) >= 11 is 0. The number of likely N-dealkylation sites (tertiary alicyclic amines) is 1. The van der Waals surface area contributed by atoms with Crippen molar-refractivity contribution in [2.24, 2.45) is 5.92 Å². The molecular formula is C18H28N2. The molecule has 1 saturated heterocycles. The van der Waals surface area contributed by atoms with Gasteiger partial charge >= 0.3 is 0 Å². The summed E-state index contributed by atoms with van der Waals surface area (Å²) in [5.74, 6) is 0.965. The van der Waals surface area contributed by atoms with E-state index in [2.05, 4.69) is 36.1 Å². The third-order valence-electron chi connectivity index (χ3n) is 5.42. The second kappa shape index (κ2) is 5.77. The molecule has 1 saturated carbocycles. The highest BCUT2D eigenvalue weighted by Gasteiger charge is 2.45. The standard InChI is InChI=1S/C18H28N2/c1-2-15-4-3-12-20(13-9-15)14-18(10-11-18)16-5-7-17(19)8-6-16/h5-8,15H,2-4,9-14,19H2,1H3. The molecule has 3 rings (SSSR count). The number of hydrogen-bond acceptors (Lipinski definition) is 2. The maximum Gasteiger partial charge on any atom is 0.0314 e. The quantitative estimate of drug-likeness (QED) is 0.844. The fourth-order valence-electron chi connectivity index (χ4n) is 3.74. The van der Waals surface area contributed by atoms with Gasteiger partial charge in [0.15, 0.2) is 0 Å². The van der Waals surface area contributed by atoms with Gasteiger partial charge in [-0.15, -0.1) is 0 Å². The van der Waals surface area contributed by atoms with Crippen LogP contribution in [0, 0.1) is 5.92 Å². The number of nitrogens with zero attached hydrogens (tertiary/aromatic N) is 1. The van der Waals surface area contributed by atoms with Crippen molar-refractivity contribution in [1.29, 1.82) is 0 Å². The predicted molar refractivity (Wildman–Crippen MR) is 85.8 cm³/mol. The molecule has 1 unspecified atom stereocenters. The van der Waals surface area contributed by atoms with Crippen LogP contribution in [-0.2, 0) is 5.41 Å². The second-order valence-electron chi connectivity index (χ2n) is 6.88. The molecule has 2 heteroatoms. The van der Waals surface area contributed by atoms with Crippen LogP contribution in [0.1, 0.15) is 51.0 Å². The van der Waals surface area contributed by atoms with Gasteiger partial charge in [-0.3, -0.25) is 0 Å². The molecule has 1 heterocycles. The Balaban J connectivity index is 1.63. The molecule has 1 aliphatic heterocycles. The van der Waals surface area contributed by atoms with Crippen LogP contribution in [0.25, 0.3) is 0 Å². The summed E-state index contributed by atoms with van der Waals surface area (Å²) in [4.78, 5) is 2.72. The highest BCUT2D eigenvalue weighted by atomic mass is 15.1. The van der Waals surface area contributed by atoms with E-state index in [1.807, 2.05) is 0 Å². The molecule has 0 spiro atoms. The van der Waals surface area contributed by atoms with Crippen molar-refractivity contribution >= 4 is 5.69 Å². The van der Waals surface area contributed by atoms with E-state index in [0.717, 1.165) is 11.6 Å². The number of nitrogens with two attached hydrogens (primary N) is 1. The predicted octanol–water partition coefficient (Wildman–Crippen LogP) is 3.81. The van der Waals surface area contributed by atoms with Gasteiger partial charge in [0, 0.05) is 17.6 Å². The van der Waals surface area contributed by atoms with Crippen LogP contribution >= 0.6 is 0 Å². The van der Waals surface area contributed by atoms with E-state index < -0.39 is 0 Å². The Morgan fingerprint density at radius 1 is 1.15 bits per heavy atom. The van der Waals surface area contributed by atoms with Gasteiger partial charge in [0.2, 0.25) is 0 Å². The van der Waals surface area contributed by atoms with Crippen LogP contribution in [0.15, 0.2) is 24.3 Å². The average Bonchev–Trinajstić information content (AvgIpc) is 3.25. The van der Waals surface area contributed by atoms with Crippen molar-refractivity contribution in [3.8, 4) is 0 Å². The van der Waals surface area contributed by atoms with Crippen molar-refractivity contribution in [3.63, 3.8) is 0 Å². The lowest BCUT2D eigenvalue weighted by atomic mass is 9.95. The summed E-state index contributed by atoms with van der Waals surface area (Å²) in [6, 6.07) is 8.61. The Labute approximate surface area is 123 Å². The van der Waals surface area contributed by atoms with Gasteiger partial charge in [-0.2, -0.15) is 0 Å². The molecule has 110 valence electrons. The van der Waals surface area contributed by atoms with Crippen LogP contribution in [0.5, 0.6) is 0 Å². The van der Waals surface area contributed by atoms with Crippen LogP contribution in [0.2, 0.25) is 0 Å². The first kappa shape index (κ1) is 13.9. The van der Waals surface area contributed by atoms with Crippen molar-refractivity contribution in [1.82, 2.24) is 4.90 Å². The summed E-state index contributed by atoms with van der Waals surface area (Å²) in [6.07, 6.45) is 8.28. The zero-order chi connectivity index (χ0) is 14.0. The van der Waals surface area contributed by atoms with Gasteiger partial charge < -0.3 is 10.6 Å². The molecule has 2 nitrogen and oxygen atoms in total. The lowest BCUT2D eigenvalue weighted by Gasteiger charge is -2.26. The maximum atomic E-state index is 5.82. The SMILES string of the molecule is CCC1CCCN(CC2(c3ccc(N)cc3)CC2)CC1. The Morgan fingerprint density at radius 2 is 1.90 bits per heavy atom. The summed E-state index contributed by atoms with van der Waals surface area (Å²) in [5.41, 5.74) is 8.64. The minimum absolute atomic E-state index is 0.444. The number of anilines is 1. The molecule has 0 radical (unpaired) electrons. The topological polar surface area (TPSA) is 29.3 Å². The minimum Gasteiger partial charge on any atom is -0.399 e. The number of hydrogen-bond donors (Lipinski definition) is 1. The highest BCUT2D eigenvalue weighted by Crippen LogP contribution is 2.49. The summed E-state index contributed by atoms with van der Waals surface area (Å²) in [7, 11) is 0. The maximum absolute atomic E-state index is 5.82. The van der Waals surface area contributed by atoms with E-state index in [0.29, 0.717) is 5.41 Å². The van der Waals surface area contributed by atoms with E-state index in [4.69, 9.17) is 5.73 Å². The number of rotatable bonds is 4. The van der Waals surface area contributed by atoms with Crippen molar-refractivity contribution in [2.45, 2.75) is 50.9 Å². The normalized spacial score (nSPS) is 26.1. The van der Waals surface area contributed by atoms with E-state index in [1.165, 1.54) is 63.7 Å². The van der Waals surface area contributed by atoms with Crippen molar-refractivity contribution in [3.05, 3.63) is 29.8 Å². The van der Waals surface area contributed by atoms with Gasteiger partial charge in [-0.05, 0) is 68.8 Å². The molecule has 2 N–H and O–H groups in total. The van der Waals surface area contributed by atoms with Crippen molar-refractivity contribution < 1.29 is 0 Å². The summed E-state index contributed by atoms with van der Waals surface area (Å²) in [6.45, 7) is 6.20. The molecule has 0 aromatic heterocycles. The molecule has 1 atom stereocenters. The highest BCUT2D eigenvalue weighted by molar-refractivity contribution is 5.43. The van der Waals surface area contributed by atoms with Gasteiger partial charge in [-0.1, -0.05) is 25.5 Å². The third-order valence-corrected chi connectivity index (χ3v) is 5.42.